The molecule has 0 aliphatic carbocycles. The number of pyridine rings is 1. The summed E-state index contributed by atoms with van der Waals surface area (Å²) in [6, 6.07) is -4.10. The molecule has 1 rings (SSSR count). The van der Waals surface area contributed by atoms with Gasteiger partial charge in [0.05, 0.1) is 36.5 Å². The Balaban J connectivity index is -0.000000266. The summed E-state index contributed by atoms with van der Waals surface area (Å²) in [5.41, 5.74) is -0.443. The van der Waals surface area contributed by atoms with E-state index in [1.807, 2.05) is 25.5 Å². The highest BCUT2D eigenvalue weighted by atomic mass is 32.2. The van der Waals surface area contributed by atoms with E-state index >= 15 is 0 Å². The standard InChI is InChI=1S/C9H13NO2.C6H10F5NO2S.2C6H12F3NO2S.C6H13F2NO2S.C6H14FNO2S/c1-9(2,3)10-5-4-7(11)8(12)6-10;1-4(2,3)15(13,14)12-6(10,11)5(7,8)9;2*1-5(2,3)13(11,12)10-4-6(7,8)9;1-6(2,3)12(10,11)9-4-5(7)8;1-6(2,3)11(9,10)8-5-4-7/h4-6,12H,1-3H3;12H,1-3H3;2*10H,4H2,1-3H3;5,9H,4H2,1-3H3;8H,4-5H2,1-3H3. The Morgan fingerprint density at radius 3 is 1.01 bits per heavy atom. The van der Waals surface area contributed by atoms with Gasteiger partial charge in [0.1, 0.15) is 19.8 Å². The highest BCUT2D eigenvalue weighted by molar-refractivity contribution is 7.92. The monoisotopic (exact) mass is 1240 g/mol. The van der Waals surface area contributed by atoms with Crippen LogP contribution < -0.4 is 29.0 Å². The maximum atomic E-state index is 12.3. The van der Waals surface area contributed by atoms with Crippen molar-refractivity contribution < 1.29 is 109 Å². The molecule has 0 aliphatic rings. The van der Waals surface area contributed by atoms with Gasteiger partial charge in [0.2, 0.25) is 55.5 Å². The Kier molecular flexibility index (Phi) is 31.5. The summed E-state index contributed by atoms with van der Waals surface area (Å²) in [4.78, 5) is 10.8. The molecule has 0 aliphatic heterocycles. The maximum Gasteiger partial charge on any atom is 0.470 e. The highest BCUT2D eigenvalue weighted by Gasteiger charge is 2.61. The van der Waals surface area contributed by atoms with Crippen molar-refractivity contribution in [2.45, 2.75) is 185 Å². The van der Waals surface area contributed by atoms with Gasteiger partial charge in [-0.2, -0.15) is 48.3 Å². The largest absolute Gasteiger partial charge is 0.503 e. The summed E-state index contributed by atoms with van der Waals surface area (Å²) in [5, 5.41) is 9.13. The molecule has 0 saturated carbocycles. The van der Waals surface area contributed by atoms with Crippen LogP contribution in [-0.4, -0.2) is 139 Å². The second kappa shape index (κ2) is 29.2. The Labute approximate surface area is 437 Å². The molecule has 0 radical (unpaired) electrons. The first-order valence-electron chi connectivity index (χ1n) is 21.3. The van der Waals surface area contributed by atoms with Crippen molar-refractivity contribution in [3.05, 3.63) is 28.7 Å². The first-order chi connectivity index (χ1) is 32.5. The third kappa shape index (κ3) is 34.4. The van der Waals surface area contributed by atoms with Gasteiger partial charge < -0.3 is 9.67 Å². The van der Waals surface area contributed by atoms with Crippen LogP contribution in [0.25, 0.3) is 0 Å². The van der Waals surface area contributed by atoms with Crippen molar-refractivity contribution in [2.75, 3.05) is 32.9 Å². The quantitative estimate of drug-likeness (QED) is 0.0886. The average molecular weight is 1250 g/mol. The Morgan fingerprint density at radius 2 is 0.789 bits per heavy atom. The van der Waals surface area contributed by atoms with Crippen LogP contribution in [-0.2, 0) is 55.7 Å². The number of nitrogens with one attached hydrogen (secondary N) is 5. The molecule has 18 nitrogen and oxygen atoms in total. The third-order valence-electron chi connectivity index (χ3n) is 8.06. The lowest BCUT2D eigenvalue weighted by Crippen LogP contribution is -2.55. The van der Waals surface area contributed by atoms with E-state index in [9.17, 15) is 108 Å². The van der Waals surface area contributed by atoms with Crippen molar-refractivity contribution in [3.63, 3.8) is 0 Å². The smallest absolute Gasteiger partial charge is 0.470 e. The lowest BCUT2D eigenvalue weighted by molar-refractivity contribution is -0.286. The minimum absolute atomic E-state index is 0.106. The minimum Gasteiger partial charge on any atom is -0.503 e. The summed E-state index contributed by atoms with van der Waals surface area (Å²) < 4.78 is 278. The first-order valence-corrected chi connectivity index (χ1v) is 28.8. The lowest BCUT2D eigenvalue weighted by Gasteiger charge is -2.25. The predicted molar refractivity (Wildman–Crippen MR) is 261 cm³/mol. The van der Waals surface area contributed by atoms with Gasteiger partial charge in [0, 0.05) is 24.3 Å². The molecule has 76 heavy (non-hydrogen) atoms. The number of nitrogens with zero attached hydrogens (tertiary/aromatic N) is 1. The van der Waals surface area contributed by atoms with Crippen LogP contribution in [0.2, 0.25) is 0 Å². The van der Waals surface area contributed by atoms with Gasteiger partial charge >= 0.3 is 24.6 Å². The zero-order valence-electron chi connectivity index (χ0n) is 45.1. The Morgan fingerprint density at radius 1 is 0.500 bits per heavy atom. The SMILES string of the molecule is CC(C)(C)S(=O)(=O)NC(F)(F)C(F)(F)F.CC(C)(C)S(=O)(=O)NCC(F)(F)F.CC(C)(C)S(=O)(=O)NCC(F)(F)F.CC(C)(C)S(=O)(=O)NCC(F)F.CC(C)(C)S(=O)(=O)NCCF.CC(C)(C)n1ccc(=O)c(O)c1. The number of hydrogen-bond donors (Lipinski definition) is 6. The van der Waals surface area contributed by atoms with E-state index in [1.54, 1.807) is 31.5 Å². The second-order valence-corrected chi connectivity index (χ2v) is 33.7. The number of aromatic nitrogens is 1. The van der Waals surface area contributed by atoms with Crippen LogP contribution >= 0.6 is 0 Å². The highest BCUT2D eigenvalue weighted by Crippen LogP contribution is 2.35. The van der Waals surface area contributed by atoms with E-state index in [-0.39, 0.29) is 23.3 Å². The van der Waals surface area contributed by atoms with E-state index in [2.05, 4.69) is 4.72 Å². The molecular formula is C39H74F14N6O12S5. The molecule has 1 heterocycles. The van der Waals surface area contributed by atoms with Gasteiger partial charge in [0.15, 0.2) is 5.75 Å². The number of aromatic hydroxyl groups is 1. The molecule has 0 unspecified atom stereocenters. The summed E-state index contributed by atoms with van der Waals surface area (Å²) in [6.07, 6.45) is -14.5. The van der Waals surface area contributed by atoms with Gasteiger partial charge in [-0.25, -0.2) is 74.1 Å². The summed E-state index contributed by atoms with van der Waals surface area (Å²) in [7, 11) is -19.5. The fourth-order valence-corrected chi connectivity index (χ4v) is 6.72. The zero-order chi connectivity index (χ0) is 63.0. The summed E-state index contributed by atoms with van der Waals surface area (Å²) >= 11 is 0. The molecule has 0 amide bonds. The molecule has 1 aromatic heterocycles. The molecule has 37 heteroatoms. The fraction of sp³-hybridized carbons (Fsp3) is 0.872. The fourth-order valence-electron chi connectivity index (χ4n) is 2.83. The molecule has 6 N–H and O–H groups in total. The number of halogens is 14. The van der Waals surface area contributed by atoms with Crippen LogP contribution in [0.15, 0.2) is 23.3 Å². The topological polar surface area (TPSA) is 273 Å². The molecule has 0 saturated heterocycles. The molecule has 0 spiro atoms. The summed E-state index contributed by atoms with van der Waals surface area (Å²) in [6.45, 7) is 21.3. The van der Waals surface area contributed by atoms with E-state index < -0.39 is 131 Å². The van der Waals surface area contributed by atoms with Crippen molar-refractivity contribution in [1.82, 2.24) is 28.2 Å². The maximum absolute atomic E-state index is 12.3. The third-order valence-corrected chi connectivity index (χ3v) is 18.8. The number of sulfonamides is 5. The van der Waals surface area contributed by atoms with Gasteiger partial charge in [-0.15, -0.1) is 4.72 Å². The number of rotatable bonds is 12. The van der Waals surface area contributed by atoms with E-state index in [1.165, 1.54) is 84.0 Å². The molecule has 0 fully saturated rings. The Hall–Kier alpha value is -2.68. The van der Waals surface area contributed by atoms with Crippen LogP contribution in [0.4, 0.5) is 61.5 Å². The van der Waals surface area contributed by atoms with Crippen LogP contribution in [0.5, 0.6) is 5.75 Å². The molecule has 0 atom stereocenters. The van der Waals surface area contributed by atoms with E-state index in [4.69, 9.17) is 5.11 Å². The predicted octanol–water partition coefficient (Wildman–Crippen LogP) is 7.34. The summed E-state index contributed by atoms with van der Waals surface area (Å²) in [5.74, 6) is -0.201. The Bertz CT molecular complexity index is 2480. The van der Waals surface area contributed by atoms with E-state index in [0.29, 0.717) is 4.72 Å². The second-order valence-electron chi connectivity index (χ2n) is 21.2. The molecular weight excluding hydrogens is 1170 g/mol. The van der Waals surface area contributed by atoms with Crippen LogP contribution in [0, 0.1) is 0 Å². The number of alkyl halides is 14. The molecule has 0 bridgehead atoms. The minimum atomic E-state index is -5.95. The molecule has 460 valence electrons. The first kappa shape index (κ1) is 82.2. The molecule has 0 aromatic carbocycles. The number of hydrogen-bond acceptors (Lipinski definition) is 12. The zero-order valence-corrected chi connectivity index (χ0v) is 49.1. The van der Waals surface area contributed by atoms with Gasteiger partial charge in [0.25, 0.3) is 6.43 Å². The normalized spacial score (nSPS) is 14.0. The lowest BCUT2D eigenvalue weighted by atomic mass is 10.1. The van der Waals surface area contributed by atoms with Crippen molar-refractivity contribution in [3.8, 4) is 5.75 Å². The van der Waals surface area contributed by atoms with E-state index in [0.717, 1.165) is 20.8 Å². The average Bonchev–Trinajstić information content (AvgIpc) is 3.13. The van der Waals surface area contributed by atoms with Gasteiger partial charge in [-0.3, -0.25) is 4.79 Å². The molecule has 1 aromatic rings. The van der Waals surface area contributed by atoms with Crippen LogP contribution in [0.1, 0.15) is 125 Å². The van der Waals surface area contributed by atoms with Crippen molar-refractivity contribution in [1.29, 1.82) is 0 Å². The van der Waals surface area contributed by atoms with Gasteiger partial charge in [-0.1, -0.05) is 0 Å². The van der Waals surface area contributed by atoms with Crippen molar-refractivity contribution >= 4 is 50.1 Å². The van der Waals surface area contributed by atoms with Gasteiger partial charge in [-0.05, 0) is 125 Å². The van der Waals surface area contributed by atoms with Crippen molar-refractivity contribution in [2.24, 2.45) is 0 Å². The van der Waals surface area contributed by atoms with Crippen LogP contribution in [0.3, 0.4) is 0 Å².